The summed E-state index contributed by atoms with van der Waals surface area (Å²) in [5, 5.41) is 16.3. The van der Waals surface area contributed by atoms with Gasteiger partial charge in [0.05, 0.1) is 6.42 Å². The van der Waals surface area contributed by atoms with Crippen molar-refractivity contribution in [3.63, 3.8) is 0 Å². The summed E-state index contributed by atoms with van der Waals surface area (Å²) < 4.78 is 28.9. The maximum Gasteiger partial charge on any atom is 0.349 e. The zero-order valence-electron chi connectivity index (χ0n) is 6.17. The average molecular weight is 210 g/mol. The van der Waals surface area contributed by atoms with Crippen LogP contribution >= 0.6 is 0 Å². The molecule has 0 radical (unpaired) electrons. The van der Waals surface area contributed by atoms with Crippen LogP contribution in [0.4, 0.5) is 0 Å². The fourth-order valence-corrected chi connectivity index (χ4v) is 0.998. The van der Waals surface area contributed by atoms with Crippen molar-refractivity contribution in [3.8, 4) is 0 Å². The van der Waals surface area contributed by atoms with Crippen molar-refractivity contribution in [3.05, 3.63) is 11.0 Å². The normalized spacial score (nSPS) is 12.5. The number of hydrogen-bond donors (Lipinski definition) is 3. The van der Waals surface area contributed by atoms with E-state index in [4.69, 9.17) is 14.8 Å². The first-order valence-corrected chi connectivity index (χ1v) is 4.32. The lowest BCUT2D eigenvalue weighted by atomic mass is 10.4. The zero-order chi connectivity index (χ0) is 10.6. The molecular formula is C5H6O7S. The topological polar surface area (TPSA) is 129 Å². The summed E-state index contributed by atoms with van der Waals surface area (Å²) >= 11 is 0. The third-order valence-electron chi connectivity index (χ3n) is 0.951. The number of carboxylic acid groups (broad SMARTS) is 2. The van der Waals surface area contributed by atoms with E-state index >= 15 is 0 Å². The van der Waals surface area contributed by atoms with Gasteiger partial charge in [0.2, 0.25) is 0 Å². The van der Waals surface area contributed by atoms with Gasteiger partial charge in [0, 0.05) is 0 Å². The van der Waals surface area contributed by atoms with Crippen molar-refractivity contribution in [2.24, 2.45) is 0 Å². The largest absolute Gasteiger partial charge is 0.481 e. The quantitative estimate of drug-likeness (QED) is 0.414. The number of aliphatic carboxylic acids is 2. The molecule has 0 amide bonds. The maximum absolute atomic E-state index is 10.3. The van der Waals surface area contributed by atoms with Crippen LogP contribution in [0.2, 0.25) is 0 Å². The number of hydrogen-bond acceptors (Lipinski definition) is 4. The van der Waals surface area contributed by atoms with Crippen LogP contribution in [0.25, 0.3) is 0 Å². The van der Waals surface area contributed by atoms with Gasteiger partial charge in [-0.1, -0.05) is 0 Å². The molecule has 0 unspecified atom stereocenters. The van der Waals surface area contributed by atoms with E-state index in [0.717, 1.165) is 0 Å². The maximum atomic E-state index is 10.3. The van der Waals surface area contributed by atoms with Crippen molar-refractivity contribution in [1.29, 1.82) is 0 Å². The summed E-state index contributed by atoms with van der Waals surface area (Å²) in [5.74, 6) is -3.30. The minimum Gasteiger partial charge on any atom is -0.481 e. The molecule has 0 aliphatic carbocycles. The fourth-order valence-electron chi connectivity index (χ4n) is 0.483. The Morgan fingerprint density at radius 3 is 1.92 bits per heavy atom. The summed E-state index contributed by atoms with van der Waals surface area (Å²) in [6.07, 6.45) is -0.387. The summed E-state index contributed by atoms with van der Waals surface area (Å²) in [6, 6.07) is 0. The summed E-state index contributed by atoms with van der Waals surface area (Å²) in [4.78, 5) is 18.8. The minimum atomic E-state index is -4.86. The molecule has 0 aromatic rings. The minimum absolute atomic E-state index is 0.403. The highest BCUT2D eigenvalue weighted by Gasteiger charge is 2.21. The first kappa shape index (κ1) is 11.6. The molecule has 7 nitrogen and oxygen atoms in total. The van der Waals surface area contributed by atoms with E-state index in [9.17, 15) is 18.0 Å². The van der Waals surface area contributed by atoms with Crippen LogP contribution < -0.4 is 0 Å². The Morgan fingerprint density at radius 1 is 1.23 bits per heavy atom. The second-order valence-electron chi connectivity index (χ2n) is 1.95. The molecule has 8 heteroatoms. The Morgan fingerprint density at radius 2 is 1.69 bits per heavy atom. The lowest BCUT2D eigenvalue weighted by Crippen LogP contribution is -2.12. The monoisotopic (exact) mass is 210 g/mol. The van der Waals surface area contributed by atoms with Gasteiger partial charge in [0.15, 0.2) is 4.91 Å². The highest BCUT2D eigenvalue weighted by Crippen LogP contribution is 2.05. The molecule has 74 valence electrons. The Bertz CT molecular complexity index is 349. The number of rotatable bonds is 4. The van der Waals surface area contributed by atoms with Crippen LogP contribution in [0.15, 0.2) is 11.0 Å². The smallest absolute Gasteiger partial charge is 0.349 e. The second-order valence-corrected chi connectivity index (χ2v) is 3.34. The highest BCUT2D eigenvalue weighted by molar-refractivity contribution is 7.90. The van der Waals surface area contributed by atoms with Crippen molar-refractivity contribution in [2.45, 2.75) is 6.42 Å². The molecule has 0 saturated heterocycles. The van der Waals surface area contributed by atoms with Crippen molar-refractivity contribution >= 4 is 22.1 Å². The standard InChI is InChI=1S/C5H6O7S/c6-4(7)2-1-3(5(8)9)13(10,11)12/h1H,2H2,(H,6,7)(H,8,9)(H,10,11,12). The zero-order valence-corrected chi connectivity index (χ0v) is 6.98. The van der Waals surface area contributed by atoms with Crippen LogP contribution in [0, 0.1) is 0 Å². The average Bonchev–Trinajstić information content (AvgIpc) is 1.81. The molecule has 3 N–H and O–H groups in total. The van der Waals surface area contributed by atoms with Crippen LogP contribution in [0.1, 0.15) is 6.42 Å². The number of carboxylic acids is 2. The molecule has 0 fully saturated rings. The molecule has 0 aromatic heterocycles. The van der Waals surface area contributed by atoms with Gasteiger partial charge in [-0.25, -0.2) is 4.79 Å². The number of carbonyl (C=O) groups is 2. The SMILES string of the molecule is O=C(O)CC=C(C(=O)O)S(=O)(=O)O. The van der Waals surface area contributed by atoms with Gasteiger partial charge in [-0.3, -0.25) is 9.35 Å². The van der Waals surface area contributed by atoms with E-state index in [-0.39, 0.29) is 0 Å². The van der Waals surface area contributed by atoms with E-state index in [2.05, 4.69) is 0 Å². The van der Waals surface area contributed by atoms with Crippen LogP contribution in [-0.4, -0.2) is 35.1 Å². The molecule has 0 aliphatic heterocycles. The molecule has 0 heterocycles. The van der Waals surface area contributed by atoms with Crippen LogP contribution in [0.3, 0.4) is 0 Å². The second kappa shape index (κ2) is 4.01. The van der Waals surface area contributed by atoms with E-state index in [1.165, 1.54) is 0 Å². The van der Waals surface area contributed by atoms with Gasteiger partial charge in [-0.05, 0) is 6.08 Å². The Balaban J connectivity index is 4.95. The van der Waals surface area contributed by atoms with Crippen LogP contribution in [0.5, 0.6) is 0 Å². The van der Waals surface area contributed by atoms with E-state index in [0.29, 0.717) is 6.08 Å². The first-order chi connectivity index (χ1) is 5.75. The summed E-state index contributed by atoms with van der Waals surface area (Å²) in [7, 11) is -4.86. The van der Waals surface area contributed by atoms with E-state index < -0.39 is 33.4 Å². The Labute approximate surface area is 73.0 Å². The molecule has 0 aromatic carbocycles. The van der Waals surface area contributed by atoms with Gasteiger partial charge < -0.3 is 10.2 Å². The van der Waals surface area contributed by atoms with Crippen molar-refractivity contribution in [1.82, 2.24) is 0 Å². The fraction of sp³-hybridized carbons (Fsp3) is 0.200. The van der Waals surface area contributed by atoms with Crippen molar-refractivity contribution in [2.75, 3.05) is 0 Å². The third kappa shape index (κ3) is 4.23. The lowest BCUT2D eigenvalue weighted by Gasteiger charge is -1.95. The molecule has 0 rings (SSSR count). The van der Waals surface area contributed by atoms with Gasteiger partial charge in [0.25, 0.3) is 0 Å². The molecule has 0 aliphatic rings. The van der Waals surface area contributed by atoms with Gasteiger partial charge >= 0.3 is 22.1 Å². The molecular weight excluding hydrogens is 204 g/mol. The molecule has 13 heavy (non-hydrogen) atoms. The highest BCUT2D eigenvalue weighted by atomic mass is 32.2. The molecule has 0 saturated carbocycles. The van der Waals surface area contributed by atoms with E-state index in [1.54, 1.807) is 0 Å². The van der Waals surface area contributed by atoms with Gasteiger partial charge in [0.1, 0.15) is 0 Å². The summed E-state index contributed by atoms with van der Waals surface area (Å²) in [5.41, 5.74) is 0. The predicted octanol–water partition coefficient (Wildman–Crippen LogP) is -0.683. The van der Waals surface area contributed by atoms with Crippen LogP contribution in [-0.2, 0) is 19.7 Å². The lowest BCUT2D eigenvalue weighted by molar-refractivity contribution is -0.136. The van der Waals surface area contributed by atoms with E-state index in [1.807, 2.05) is 0 Å². The molecule has 0 bridgehead atoms. The van der Waals surface area contributed by atoms with Gasteiger partial charge in [-0.15, -0.1) is 0 Å². The summed E-state index contributed by atoms with van der Waals surface area (Å²) in [6.45, 7) is 0. The van der Waals surface area contributed by atoms with Gasteiger partial charge in [-0.2, -0.15) is 8.42 Å². The predicted molar refractivity (Wildman–Crippen MR) is 39.5 cm³/mol. The Hall–Kier alpha value is -1.41. The Kier molecular flexibility index (Phi) is 3.57. The third-order valence-corrected chi connectivity index (χ3v) is 1.85. The first-order valence-electron chi connectivity index (χ1n) is 2.88. The molecule has 0 atom stereocenters. The van der Waals surface area contributed by atoms with Crippen molar-refractivity contribution < 1.29 is 32.8 Å². The molecule has 0 spiro atoms.